The Morgan fingerprint density at radius 1 is 1.13 bits per heavy atom. The molecule has 0 aliphatic carbocycles. The molecule has 2 rings (SSSR count). The molecule has 0 aromatic heterocycles. The van der Waals surface area contributed by atoms with Crippen molar-refractivity contribution in [1.29, 1.82) is 0 Å². The molecule has 1 unspecified atom stereocenters. The topological polar surface area (TPSA) is 12.0 Å². The Hall–Kier alpha value is -0.960. The maximum atomic E-state index is 13.5. The van der Waals surface area contributed by atoms with Gasteiger partial charge in [-0.25, -0.2) is 8.78 Å². The largest absolute Gasteiger partial charge is 0.310 e. The SMILES string of the molecule is Fc1ccc(C2CCCCCN2)c(F)c1. The zero-order valence-corrected chi connectivity index (χ0v) is 8.60. The summed E-state index contributed by atoms with van der Waals surface area (Å²) < 4.78 is 26.2. The lowest BCUT2D eigenvalue weighted by molar-refractivity contribution is 0.492. The van der Waals surface area contributed by atoms with Crippen molar-refractivity contribution in [2.75, 3.05) is 6.54 Å². The van der Waals surface area contributed by atoms with Crippen molar-refractivity contribution in [3.8, 4) is 0 Å². The van der Waals surface area contributed by atoms with E-state index in [2.05, 4.69) is 5.32 Å². The fraction of sp³-hybridized carbons (Fsp3) is 0.500. The molecule has 82 valence electrons. The summed E-state index contributed by atoms with van der Waals surface area (Å²) in [5.74, 6) is -0.945. The Morgan fingerprint density at radius 3 is 2.80 bits per heavy atom. The van der Waals surface area contributed by atoms with Gasteiger partial charge in [-0.3, -0.25) is 0 Å². The lowest BCUT2D eigenvalue weighted by Gasteiger charge is -2.16. The van der Waals surface area contributed by atoms with E-state index in [-0.39, 0.29) is 6.04 Å². The molecule has 1 aliphatic heterocycles. The van der Waals surface area contributed by atoms with Gasteiger partial charge in [0.25, 0.3) is 0 Å². The van der Waals surface area contributed by atoms with E-state index in [0.717, 1.165) is 31.9 Å². The van der Waals surface area contributed by atoms with E-state index in [0.29, 0.717) is 5.56 Å². The minimum Gasteiger partial charge on any atom is -0.310 e. The van der Waals surface area contributed by atoms with Crippen molar-refractivity contribution < 1.29 is 8.78 Å². The smallest absolute Gasteiger partial charge is 0.130 e. The first-order valence-electron chi connectivity index (χ1n) is 5.46. The van der Waals surface area contributed by atoms with Gasteiger partial charge in [-0.15, -0.1) is 0 Å². The molecule has 1 fully saturated rings. The predicted octanol–water partition coefficient (Wildman–Crippen LogP) is 3.17. The van der Waals surface area contributed by atoms with E-state index in [1.54, 1.807) is 6.07 Å². The highest BCUT2D eigenvalue weighted by atomic mass is 19.1. The van der Waals surface area contributed by atoms with Crippen LogP contribution in [0, 0.1) is 11.6 Å². The van der Waals surface area contributed by atoms with Gasteiger partial charge >= 0.3 is 0 Å². The minimum atomic E-state index is -0.509. The number of nitrogens with one attached hydrogen (secondary N) is 1. The second-order valence-corrected chi connectivity index (χ2v) is 4.02. The Bertz CT molecular complexity index is 330. The summed E-state index contributed by atoms with van der Waals surface area (Å²) in [5.41, 5.74) is 0.596. The van der Waals surface area contributed by atoms with Gasteiger partial charge in [0.2, 0.25) is 0 Å². The molecule has 0 spiro atoms. The van der Waals surface area contributed by atoms with Crippen LogP contribution in [0.2, 0.25) is 0 Å². The Kier molecular flexibility index (Phi) is 3.31. The van der Waals surface area contributed by atoms with Gasteiger partial charge in [-0.2, -0.15) is 0 Å². The van der Waals surface area contributed by atoms with Crippen LogP contribution in [-0.4, -0.2) is 6.54 Å². The third kappa shape index (κ3) is 2.53. The molecule has 3 heteroatoms. The molecular formula is C12H15F2N. The van der Waals surface area contributed by atoms with Crippen LogP contribution >= 0.6 is 0 Å². The molecule has 1 saturated heterocycles. The average molecular weight is 211 g/mol. The fourth-order valence-corrected chi connectivity index (χ4v) is 2.08. The van der Waals surface area contributed by atoms with Crippen molar-refractivity contribution in [3.63, 3.8) is 0 Å². The lowest BCUT2D eigenvalue weighted by Crippen LogP contribution is -2.21. The minimum absolute atomic E-state index is 0.0492. The number of rotatable bonds is 1. The Balaban J connectivity index is 2.19. The molecule has 0 bridgehead atoms. The number of benzene rings is 1. The van der Waals surface area contributed by atoms with Crippen LogP contribution in [0.15, 0.2) is 18.2 Å². The zero-order chi connectivity index (χ0) is 10.7. The fourth-order valence-electron chi connectivity index (χ4n) is 2.08. The predicted molar refractivity (Wildman–Crippen MR) is 55.6 cm³/mol. The standard InChI is InChI=1S/C12H15F2N/c13-9-5-6-10(11(14)8-9)12-4-2-1-3-7-15-12/h5-6,8,12,15H,1-4,7H2. The van der Waals surface area contributed by atoms with Gasteiger partial charge in [0.15, 0.2) is 0 Å². The highest BCUT2D eigenvalue weighted by Gasteiger charge is 2.17. The van der Waals surface area contributed by atoms with E-state index in [1.807, 2.05) is 0 Å². The van der Waals surface area contributed by atoms with Crippen LogP contribution in [0.3, 0.4) is 0 Å². The van der Waals surface area contributed by atoms with Crippen molar-refractivity contribution in [2.45, 2.75) is 31.7 Å². The number of hydrogen-bond donors (Lipinski definition) is 1. The van der Waals surface area contributed by atoms with Gasteiger partial charge in [0.1, 0.15) is 11.6 Å². The lowest BCUT2D eigenvalue weighted by atomic mass is 10.0. The molecule has 1 heterocycles. The number of halogens is 2. The molecule has 0 saturated carbocycles. The monoisotopic (exact) mass is 211 g/mol. The van der Waals surface area contributed by atoms with Gasteiger partial charge in [-0.1, -0.05) is 18.9 Å². The van der Waals surface area contributed by atoms with Crippen LogP contribution in [-0.2, 0) is 0 Å². The van der Waals surface area contributed by atoms with Crippen molar-refractivity contribution >= 4 is 0 Å². The average Bonchev–Trinajstić information content (AvgIpc) is 2.46. The first-order valence-corrected chi connectivity index (χ1v) is 5.46. The van der Waals surface area contributed by atoms with Gasteiger partial charge < -0.3 is 5.32 Å². The summed E-state index contributed by atoms with van der Waals surface area (Å²) in [4.78, 5) is 0. The third-order valence-corrected chi connectivity index (χ3v) is 2.90. The van der Waals surface area contributed by atoms with E-state index >= 15 is 0 Å². The molecule has 0 amide bonds. The molecule has 1 nitrogen and oxygen atoms in total. The normalized spacial score (nSPS) is 22.4. The molecular weight excluding hydrogens is 196 g/mol. The van der Waals surface area contributed by atoms with Crippen molar-refractivity contribution in [3.05, 3.63) is 35.4 Å². The summed E-state index contributed by atoms with van der Waals surface area (Å²) in [6.45, 7) is 0.918. The Morgan fingerprint density at radius 2 is 2.00 bits per heavy atom. The van der Waals surface area contributed by atoms with Crippen LogP contribution in [0.25, 0.3) is 0 Å². The van der Waals surface area contributed by atoms with Crippen LogP contribution in [0.4, 0.5) is 8.78 Å². The quantitative estimate of drug-likeness (QED) is 0.752. The Labute approximate surface area is 88.5 Å². The van der Waals surface area contributed by atoms with Crippen LogP contribution < -0.4 is 5.32 Å². The second kappa shape index (κ2) is 4.71. The van der Waals surface area contributed by atoms with Gasteiger partial charge in [-0.05, 0) is 25.5 Å². The molecule has 1 aromatic rings. The molecule has 0 radical (unpaired) electrons. The van der Waals surface area contributed by atoms with Crippen molar-refractivity contribution in [2.24, 2.45) is 0 Å². The summed E-state index contributed by atoms with van der Waals surface area (Å²) in [7, 11) is 0. The summed E-state index contributed by atoms with van der Waals surface area (Å²) >= 11 is 0. The molecule has 1 N–H and O–H groups in total. The third-order valence-electron chi connectivity index (χ3n) is 2.90. The second-order valence-electron chi connectivity index (χ2n) is 4.02. The van der Waals surface area contributed by atoms with E-state index in [9.17, 15) is 8.78 Å². The van der Waals surface area contributed by atoms with E-state index in [4.69, 9.17) is 0 Å². The summed E-state index contributed by atoms with van der Waals surface area (Å²) in [6.07, 6.45) is 4.36. The van der Waals surface area contributed by atoms with Crippen LogP contribution in [0.5, 0.6) is 0 Å². The first kappa shape index (κ1) is 10.6. The molecule has 1 aliphatic rings. The molecule has 1 atom stereocenters. The summed E-state index contributed by atoms with van der Waals surface area (Å²) in [6, 6.07) is 3.88. The highest BCUT2D eigenvalue weighted by Crippen LogP contribution is 2.25. The van der Waals surface area contributed by atoms with E-state index in [1.165, 1.54) is 12.5 Å². The molecule has 15 heavy (non-hydrogen) atoms. The van der Waals surface area contributed by atoms with Crippen molar-refractivity contribution in [1.82, 2.24) is 5.32 Å². The van der Waals surface area contributed by atoms with Gasteiger partial charge in [0, 0.05) is 17.7 Å². The van der Waals surface area contributed by atoms with Crippen LogP contribution in [0.1, 0.15) is 37.3 Å². The summed E-state index contributed by atoms with van der Waals surface area (Å²) in [5, 5.41) is 3.30. The molecule has 1 aromatic carbocycles. The maximum Gasteiger partial charge on any atom is 0.130 e. The first-order chi connectivity index (χ1) is 7.27. The maximum absolute atomic E-state index is 13.5. The zero-order valence-electron chi connectivity index (χ0n) is 8.60. The van der Waals surface area contributed by atoms with Gasteiger partial charge in [0.05, 0.1) is 0 Å². The van der Waals surface area contributed by atoms with E-state index < -0.39 is 11.6 Å². The highest BCUT2D eigenvalue weighted by molar-refractivity contribution is 5.22. The number of hydrogen-bond acceptors (Lipinski definition) is 1.